The molecule has 1 aliphatic heterocycles. The summed E-state index contributed by atoms with van der Waals surface area (Å²) in [5, 5.41) is 14.4. The third-order valence-corrected chi connectivity index (χ3v) is 4.20. The number of nitrogens with one attached hydrogen (secondary N) is 1. The minimum atomic E-state index is -1.07. The fourth-order valence-corrected chi connectivity index (χ4v) is 2.77. The zero-order valence-corrected chi connectivity index (χ0v) is 12.9. The number of benzene rings is 1. The first-order valence-electron chi connectivity index (χ1n) is 7.34. The molecule has 1 aromatic rings. The Bertz CT molecular complexity index is 475. The van der Waals surface area contributed by atoms with Crippen LogP contribution in [0.15, 0.2) is 18.2 Å². The highest BCUT2D eigenvalue weighted by Crippen LogP contribution is 2.32. The van der Waals surface area contributed by atoms with Crippen molar-refractivity contribution in [3.05, 3.63) is 29.6 Å². The summed E-state index contributed by atoms with van der Waals surface area (Å²) < 4.78 is 24.5. The van der Waals surface area contributed by atoms with Gasteiger partial charge in [-0.2, -0.15) is 0 Å². The van der Waals surface area contributed by atoms with Gasteiger partial charge in [0, 0.05) is 19.5 Å². The second kappa shape index (κ2) is 6.73. The number of halogens is 1. The molecule has 118 valence electrons. The van der Waals surface area contributed by atoms with E-state index in [4.69, 9.17) is 9.47 Å². The minimum Gasteiger partial charge on any atom is -0.496 e. The van der Waals surface area contributed by atoms with Crippen LogP contribution in [0.5, 0.6) is 5.75 Å². The van der Waals surface area contributed by atoms with E-state index in [1.807, 2.05) is 13.8 Å². The highest BCUT2D eigenvalue weighted by molar-refractivity contribution is 5.35. The predicted octanol–water partition coefficient (Wildman–Crippen LogP) is 1.75. The fraction of sp³-hybridized carbons (Fsp3) is 0.625. The van der Waals surface area contributed by atoms with E-state index in [2.05, 4.69) is 5.32 Å². The van der Waals surface area contributed by atoms with Crippen molar-refractivity contribution >= 4 is 0 Å². The normalized spacial score (nSPS) is 22.1. The van der Waals surface area contributed by atoms with Crippen molar-refractivity contribution in [1.82, 2.24) is 5.32 Å². The molecule has 2 atom stereocenters. The molecule has 0 amide bonds. The minimum absolute atomic E-state index is 0.0321. The molecule has 0 aliphatic carbocycles. The SMILES string of the molecule is COc1ccc(F)cc1C[C@](O)(C(C)C)C1CNCCO1. The Kier molecular flexibility index (Phi) is 5.19. The Hall–Kier alpha value is -1.17. The molecule has 2 N–H and O–H groups in total. The van der Waals surface area contributed by atoms with Crippen LogP contribution in [0.25, 0.3) is 0 Å². The Morgan fingerprint density at radius 1 is 1.52 bits per heavy atom. The molecule has 1 unspecified atom stereocenters. The van der Waals surface area contributed by atoms with Gasteiger partial charge in [-0.15, -0.1) is 0 Å². The lowest BCUT2D eigenvalue weighted by atomic mass is 9.79. The van der Waals surface area contributed by atoms with E-state index in [1.165, 1.54) is 12.1 Å². The van der Waals surface area contributed by atoms with Gasteiger partial charge in [0.2, 0.25) is 0 Å². The summed E-state index contributed by atoms with van der Waals surface area (Å²) in [4.78, 5) is 0. The van der Waals surface area contributed by atoms with Crippen molar-refractivity contribution in [2.75, 3.05) is 26.8 Å². The second-order valence-corrected chi connectivity index (χ2v) is 5.84. The average molecular weight is 297 g/mol. The summed E-state index contributed by atoms with van der Waals surface area (Å²) in [6.45, 7) is 5.84. The van der Waals surface area contributed by atoms with Crippen LogP contribution < -0.4 is 10.1 Å². The lowest BCUT2D eigenvalue weighted by Crippen LogP contribution is -2.57. The first-order valence-corrected chi connectivity index (χ1v) is 7.34. The molecule has 1 heterocycles. The molecule has 0 aromatic heterocycles. The van der Waals surface area contributed by atoms with Crippen LogP contribution in [-0.2, 0) is 11.2 Å². The number of rotatable bonds is 5. The molecule has 0 spiro atoms. The molecule has 1 aliphatic rings. The summed E-state index contributed by atoms with van der Waals surface area (Å²) in [5.74, 6) is 0.217. The number of methoxy groups -OCH3 is 1. The largest absolute Gasteiger partial charge is 0.496 e. The zero-order valence-electron chi connectivity index (χ0n) is 12.9. The quantitative estimate of drug-likeness (QED) is 0.869. The van der Waals surface area contributed by atoms with E-state index in [-0.39, 0.29) is 24.3 Å². The molecule has 1 saturated heterocycles. The number of aliphatic hydroxyl groups is 1. The first kappa shape index (κ1) is 16.2. The van der Waals surface area contributed by atoms with Crippen molar-refractivity contribution in [2.45, 2.75) is 32.0 Å². The number of hydrogen-bond donors (Lipinski definition) is 2. The molecule has 2 rings (SSSR count). The van der Waals surface area contributed by atoms with Crippen LogP contribution in [0.1, 0.15) is 19.4 Å². The molecule has 0 saturated carbocycles. The molecule has 21 heavy (non-hydrogen) atoms. The van der Waals surface area contributed by atoms with Gasteiger partial charge in [0.15, 0.2) is 0 Å². The van der Waals surface area contributed by atoms with E-state index in [1.54, 1.807) is 13.2 Å². The highest BCUT2D eigenvalue weighted by Gasteiger charge is 2.42. The Morgan fingerprint density at radius 3 is 2.86 bits per heavy atom. The van der Waals surface area contributed by atoms with Crippen LogP contribution >= 0.6 is 0 Å². The third-order valence-electron chi connectivity index (χ3n) is 4.20. The van der Waals surface area contributed by atoms with E-state index in [9.17, 15) is 9.50 Å². The summed E-state index contributed by atoms with van der Waals surface area (Å²) >= 11 is 0. The van der Waals surface area contributed by atoms with Crippen molar-refractivity contribution in [3.63, 3.8) is 0 Å². The first-order chi connectivity index (χ1) is 9.97. The average Bonchev–Trinajstić information content (AvgIpc) is 2.48. The number of morpholine rings is 1. The zero-order chi connectivity index (χ0) is 15.5. The Morgan fingerprint density at radius 2 is 2.29 bits per heavy atom. The molecular weight excluding hydrogens is 273 g/mol. The van der Waals surface area contributed by atoms with Gasteiger partial charge in [-0.3, -0.25) is 0 Å². The summed E-state index contributed by atoms with van der Waals surface area (Å²) in [5.41, 5.74) is -0.419. The van der Waals surface area contributed by atoms with Gasteiger partial charge in [-0.25, -0.2) is 4.39 Å². The molecule has 0 bridgehead atoms. The monoisotopic (exact) mass is 297 g/mol. The summed E-state index contributed by atoms with van der Waals surface area (Å²) in [6, 6.07) is 4.36. The van der Waals surface area contributed by atoms with Gasteiger partial charge in [-0.05, 0) is 29.7 Å². The van der Waals surface area contributed by atoms with E-state index in [0.29, 0.717) is 24.5 Å². The lowest BCUT2D eigenvalue weighted by Gasteiger charge is -2.41. The van der Waals surface area contributed by atoms with Gasteiger partial charge >= 0.3 is 0 Å². The van der Waals surface area contributed by atoms with E-state index >= 15 is 0 Å². The standard InChI is InChI=1S/C16H24FNO3/c1-11(2)16(19,15-10-18-6-7-21-15)9-12-8-13(17)4-5-14(12)20-3/h4-5,8,11,15,18-19H,6-7,9-10H2,1-3H3/t15?,16-/m0/s1. The van der Waals surface area contributed by atoms with Crippen LogP contribution in [0.4, 0.5) is 4.39 Å². The Balaban J connectivity index is 2.29. The van der Waals surface area contributed by atoms with E-state index in [0.717, 1.165) is 6.54 Å². The Labute approximate surface area is 125 Å². The molecular formula is C16H24FNO3. The summed E-state index contributed by atoms with van der Waals surface area (Å²) in [6.07, 6.45) is -0.0305. The van der Waals surface area contributed by atoms with Crippen LogP contribution in [0, 0.1) is 11.7 Å². The van der Waals surface area contributed by atoms with Crippen LogP contribution in [0.3, 0.4) is 0 Å². The van der Waals surface area contributed by atoms with Crippen LogP contribution in [-0.4, -0.2) is 43.6 Å². The maximum absolute atomic E-state index is 13.5. The van der Waals surface area contributed by atoms with Crippen molar-refractivity contribution < 1.29 is 19.0 Å². The molecule has 1 aromatic carbocycles. The molecule has 0 radical (unpaired) electrons. The molecule has 1 fully saturated rings. The van der Waals surface area contributed by atoms with Gasteiger partial charge < -0.3 is 19.9 Å². The number of ether oxygens (including phenoxy) is 2. The third kappa shape index (κ3) is 3.54. The topological polar surface area (TPSA) is 50.7 Å². The van der Waals surface area contributed by atoms with E-state index < -0.39 is 5.60 Å². The van der Waals surface area contributed by atoms with Crippen molar-refractivity contribution in [1.29, 1.82) is 0 Å². The lowest BCUT2D eigenvalue weighted by molar-refractivity contribution is -0.141. The smallest absolute Gasteiger partial charge is 0.123 e. The van der Waals surface area contributed by atoms with Gasteiger partial charge in [-0.1, -0.05) is 13.8 Å². The van der Waals surface area contributed by atoms with Gasteiger partial charge in [0.05, 0.1) is 25.4 Å². The maximum Gasteiger partial charge on any atom is 0.123 e. The summed E-state index contributed by atoms with van der Waals surface area (Å²) in [7, 11) is 1.55. The van der Waals surface area contributed by atoms with Gasteiger partial charge in [0.1, 0.15) is 11.6 Å². The second-order valence-electron chi connectivity index (χ2n) is 5.84. The number of hydrogen-bond acceptors (Lipinski definition) is 4. The molecule has 5 heteroatoms. The highest BCUT2D eigenvalue weighted by atomic mass is 19.1. The van der Waals surface area contributed by atoms with Crippen molar-refractivity contribution in [3.8, 4) is 5.75 Å². The van der Waals surface area contributed by atoms with Gasteiger partial charge in [0.25, 0.3) is 0 Å². The fourth-order valence-electron chi connectivity index (χ4n) is 2.77. The predicted molar refractivity (Wildman–Crippen MR) is 79.1 cm³/mol. The molecule has 4 nitrogen and oxygen atoms in total. The van der Waals surface area contributed by atoms with Crippen molar-refractivity contribution in [2.24, 2.45) is 5.92 Å². The van der Waals surface area contributed by atoms with Crippen LogP contribution in [0.2, 0.25) is 0 Å². The maximum atomic E-state index is 13.5.